The van der Waals surface area contributed by atoms with Gasteiger partial charge in [-0.05, 0) is 6.90 Å². The van der Waals surface area contributed by atoms with Gasteiger partial charge in [-0.1, -0.05) is 0 Å². The number of carbonyl (C=O) groups excluding carboxylic acids is 1. The van der Waals surface area contributed by atoms with Gasteiger partial charge < -0.3 is 14.9 Å². The summed E-state index contributed by atoms with van der Waals surface area (Å²) in [4.78, 5) is 10.7. The number of rotatable bonds is 1. The smallest absolute Gasteiger partial charge is 0.346 e. The van der Waals surface area contributed by atoms with Crippen LogP contribution in [0.4, 0.5) is 4.39 Å². The summed E-state index contributed by atoms with van der Waals surface area (Å²) in [5.41, 5.74) is -2.67. The van der Waals surface area contributed by atoms with Crippen LogP contribution in [-0.4, -0.2) is 40.7 Å². The number of hydrogen-bond acceptors (Lipinski definition) is 4. The quantitative estimate of drug-likeness (QED) is 0.489. The molecule has 2 N–H and O–H groups in total. The monoisotopic (exact) mass is 165 g/mol. The maximum absolute atomic E-state index is 13.2. The van der Waals surface area contributed by atoms with Crippen LogP contribution < -0.4 is 0 Å². The molecule has 0 amide bonds. The van der Waals surface area contributed by atoms with E-state index >= 15 is 0 Å². The fourth-order valence-corrected chi connectivity index (χ4v) is 0.852. The molecular formula is C6H9FO4. The average Bonchev–Trinajstić information content (AvgIpc) is 2.30. The number of hydrogen-bond donors (Lipinski definition) is 2. The highest BCUT2D eigenvalue weighted by Crippen LogP contribution is 2.29. The van der Waals surface area contributed by atoms with Crippen LogP contribution >= 0.6 is 0 Å². The molecule has 64 valence electrons. The van der Waals surface area contributed by atoms with Crippen molar-refractivity contribution >= 4 is 5.97 Å². The Morgan fingerprint density at radius 3 is 2.91 bits per heavy atom. The molecule has 1 saturated heterocycles. The van der Waals surface area contributed by atoms with Crippen LogP contribution in [0.15, 0.2) is 0 Å². The van der Waals surface area contributed by atoms with Crippen LogP contribution in [0.5, 0.6) is 0 Å². The Balaban J connectivity index is 2.83. The zero-order valence-corrected chi connectivity index (χ0v) is 5.66. The second-order valence-corrected chi connectivity index (χ2v) is 2.43. The van der Waals surface area contributed by atoms with Crippen molar-refractivity contribution in [1.29, 1.82) is 0 Å². The van der Waals surface area contributed by atoms with Crippen molar-refractivity contribution in [3.8, 4) is 0 Å². The number of cyclic esters (lactones) is 1. The van der Waals surface area contributed by atoms with Gasteiger partial charge in [0.15, 0.2) is 6.10 Å². The third kappa shape index (κ3) is 1.10. The summed E-state index contributed by atoms with van der Waals surface area (Å²) < 4.78 is 24.2. The maximum atomic E-state index is 13.2. The molecule has 0 radical (unpaired) electrons. The summed E-state index contributed by atoms with van der Waals surface area (Å²) >= 11 is 0. The molecule has 1 rings (SSSR count). The number of ether oxygens (including phenoxy) is 1. The van der Waals surface area contributed by atoms with E-state index in [0.29, 0.717) is 0 Å². The van der Waals surface area contributed by atoms with E-state index in [0.717, 1.165) is 0 Å². The van der Waals surface area contributed by atoms with Crippen LogP contribution in [0, 0.1) is 0 Å². The van der Waals surface area contributed by atoms with Gasteiger partial charge >= 0.3 is 5.97 Å². The van der Waals surface area contributed by atoms with E-state index in [1.807, 2.05) is 0 Å². The highest BCUT2D eigenvalue weighted by Gasteiger charge is 2.54. The third-order valence-electron chi connectivity index (χ3n) is 1.60. The third-order valence-corrected chi connectivity index (χ3v) is 1.60. The van der Waals surface area contributed by atoms with Gasteiger partial charge in [0.2, 0.25) is 5.67 Å². The molecule has 3 atom stereocenters. The van der Waals surface area contributed by atoms with E-state index in [2.05, 4.69) is 4.74 Å². The predicted molar refractivity (Wildman–Crippen MR) is 32.5 cm³/mol. The number of halogens is 1. The summed E-state index contributed by atoms with van der Waals surface area (Å²) in [6.07, 6.45) is -2.99. The van der Waals surface area contributed by atoms with Crippen molar-refractivity contribution in [2.75, 3.05) is 6.61 Å². The normalized spacial score (nSPS) is 45.4. The molecule has 0 unspecified atom stereocenters. The Kier molecular flexibility index (Phi) is 1.54. The lowest BCUT2D eigenvalue weighted by molar-refractivity contribution is -0.150. The number of aliphatic hydroxyl groups is 2. The molecule has 0 aliphatic carbocycles. The Hall–Kier alpha value is -0.680. The standard InChI is InChI=1S/C6H9FO4/c1-6(7)4(9)3(2-8)11-5(6)10/h3-4,8-9H,2H2,1H3/t3-,4-,6-/m1/s1/i1D. The molecule has 1 aliphatic heterocycles. The van der Waals surface area contributed by atoms with Crippen molar-refractivity contribution in [3.63, 3.8) is 0 Å². The average molecular weight is 165 g/mol. The van der Waals surface area contributed by atoms with E-state index in [9.17, 15) is 9.18 Å². The van der Waals surface area contributed by atoms with Gasteiger partial charge in [0.05, 0.1) is 6.61 Å². The van der Waals surface area contributed by atoms with E-state index < -0.39 is 37.4 Å². The van der Waals surface area contributed by atoms with Crippen molar-refractivity contribution in [2.45, 2.75) is 24.8 Å². The molecule has 0 aromatic carbocycles. The van der Waals surface area contributed by atoms with Crippen LogP contribution in [0.1, 0.15) is 8.27 Å². The summed E-state index contributed by atoms with van der Waals surface area (Å²) in [7, 11) is 0. The topological polar surface area (TPSA) is 66.8 Å². The van der Waals surface area contributed by atoms with Gasteiger partial charge in [0.25, 0.3) is 0 Å². The highest BCUT2D eigenvalue weighted by atomic mass is 19.1. The fourth-order valence-electron chi connectivity index (χ4n) is 0.852. The predicted octanol–water partition coefficient (Wildman–Crippen LogP) is -1.01. The molecule has 0 spiro atoms. The van der Waals surface area contributed by atoms with Crippen molar-refractivity contribution in [2.24, 2.45) is 0 Å². The molecule has 0 bridgehead atoms. The number of carbonyl (C=O) groups is 1. The van der Waals surface area contributed by atoms with Crippen molar-refractivity contribution < 1.29 is 25.5 Å². The molecule has 4 nitrogen and oxygen atoms in total. The molecule has 1 heterocycles. The van der Waals surface area contributed by atoms with Crippen LogP contribution in [0.25, 0.3) is 0 Å². The largest absolute Gasteiger partial charge is 0.455 e. The molecule has 1 aliphatic rings. The lowest BCUT2D eigenvalue weighted by Crippen LogP contribution is -2.40. The molecule has 0 saturated carbocycles. The summed E-state index contributed by atoms with van der Waals surface area (Å²) in [6.45, 7) is -1.54. The summed E-state index contributed by atoms with van der Waals surface area (Å²) in [5.74, 6) is -1.27. The first-order valence-corrected chi connectivity index (χ1v) is 3.04. The molecule has 1 fully saturated rings. The Morgan fingerprint density at radius 1 is 2.00 bits per heavy atom. The van der Waals surface area contributed by atoms with Crippen LogP contribution in [-0.2, 0) is 9.53 Å². The van der Waals surface area contributed by atoms with Gasteiger partial charge in [-0.2, -0.15) is 0 Å². The van der Waals surface area contributed by atoms with Gasteiger partial charge in [0.1, 0.15) is 6.10 Å². The molecule has 5 heteroatoms. The van der Waals surface area contributed by atoms with E-state index in [1.54, 1.807) is 0 Å². The van der Waals surface area contributed by atoms with Gasteiger partial charge in [-0.15, -0.1) is 0 Å². The van der Waals surface area contributed by atoms with Crippen molar-refractivity contribution in [1.82, 2.24) is 0 Å². The lowest BCUT2D eigenvalue weighted by Gasteiger charge is -2.14. The van der Waals surface area contributed by atoms with Crippen LogP contribution in [0.2, 0.25) is 0 Å². The first-order valence-electron chi connectivity index (χ1n) is 3.75. The van der Waals surface area contributed by atoms with Gasteiger partial charge in [0, 0.05) is 1.37 Å². The first-order chi connectivity index (χ1) is 5.56. The minimum Gasteiger partial charge on any atom is -0.455 e. The fraction of sp³-hybridized carbons (Fsp3) is 0.833. The number of aliphatic hydroxyl groups excluding tert-OH is 2. The minimum atomic E-state index is -2.67. The lowest BCUT2D eigenvalue weighted by atomic mass is 10.0. The van der Waals surface area contributed by atoms with E-state index in [-0.39, 0.29) is 0 Å². The molecule has 0 aromatic heterocycles. The number of esters is 1. The van der Waals surface area contributed by atoms with Crippen molar-refractivity contribution in [3.05, 3.63) is 0 Å². The Bertz CT molecular complexity index is 200. The number of alkyl halides is 1. The Morgan fingerprint density at radius 2 is 2.64 bits per heavy atom. The maximum Gasteiger partial charge on any atom is 0.346 e. The molecule has 11 heavy (non-hydrogen) atoms. The minimum absolute atomic E-state index is 0.640. The second kappa shape index (κ2) is 2.42. The highest BCUT2D eigenvalue weighted by molar-refractivity contribution is 5.82. The van der Waals surface area contributed by atoms with Gasteiger partial charge in [-0.3, -0.25) is 0 Å². The second-order valence-electron chi connectivity index (χ2n) is 2.43. The SMILES string of the molecule is [2H]C[C@]1(F)C(=O)O[C@H](CO)[C@H]1O. The van der Waals surface area contributed by atoms with Gasteiger partial charge in [-0.25, -0.2) is 9.18 Å². The zero-order valence-electron chi connectivity index (χ0n) is 6.66. The van der Waals surface area contributed by atoms with E-state index in [4.69, 9.17) is 11.6 Å². The zero-order chi connectivity index (χ0) is 9.35. The molecule has 0 aromatic rings. The van der Waals surface area contributed by atoms with E-state index in [1.165, 1.54) is 0 Å². The summed E-state index contributed by atoms with van der Waals surface area (Å²) in [5, 5.41) is 17.6. The first kappa shape index (κ1) is 7.00. The Labute approximate surface area is 64.0 Å². The van der Waals surface area contributed by atoms with Crippen LogP contribution in [0.3, 0.4) is 0 Å². The molecular weight excluding hydrogens is 155 g/mol. The summed E-state index contributed by atoms with van der Waals surface area (Å²) in [6, 6.07) is 0.